The number of ether oxygens (including phenoxy) is 1. The number of fused-ring (bicyclic) bond motifs is 4. The maximum absolute atomic E-state index is 13.7. The highest BCUT2D eigenvalue weighted by atomic mass is 16.5. The van der Waals surface area contributed by atoms with Crippen LogP contribution >= 0.6 is 0 Å². The SMILES string of the molecule is COc1ccc2c3c([nH]c2c1)[C@H](CO)N(C(=O)C1CCCC1)CC31CN(C(=O)c2ccncc2)C1. The third kappa shape index (κ3) is 3.42. The number of carbonyl (C=O) groups is 2. The molecule has 3 aromatic rings. The third-order valence-electron chi connectivity index (χ3n) is 8.11. The highest BCUT2D eigenvalue weighted by Crippen LogP contribution is 2.49. The van der Waals surface area contributed by atoms with E-state index in [-0.39, 0.29) is 29.8 Å². The second-order valence-corrected chi connectivity index (χ2v) is 10.1. The summed E-state index contributed by atoms with van der Waals surface area (Å²) in [5.41, 5.74) is 3.14. The van der Waals surface area contributed by atoms with Crippen molar-refractivity contribution in [1.29, 1.82) is 0 Å². The molecule has 3 aliphatic rings. The number of carbonyl (C=O) groups excluding carboxylic acids is 2. The average Bonchev–Trinajstić information content (AvgIpc) is 3.54. The maximum Gasteiger partial charge on any atom is 0.254 e. The lowest BCUT2D eigenvalue weighted by Crippen LogP contribution is -2.68. The summed E-state index contributed by atoms with van der Waals surface area (Å²) in [7, 11) is 1.64. The third-order valence-corrected chi connectivity index (χ3v) is 8.11. The molecule has 6 rings (SSSR count). The summed E-state index contributed by atoms with van der Waals surface area (Å²) in [5, 5.41) is 11.5. The lowest BCUT2D eigenvalue weighted by Gasteiger charge is -2.56. The van der Waals surface area contributed by atoms with Gasteiger partial charge in [0, 0.05) is 66.2 Å². The van der Waals surface area contributed by atoms with Gasteiger partial charge in [-0.2, -0.15) is 0 Å². The Morgan fingerprint density at radius 3 is 2.57 bits per heavy atom. The fourth-order valence-electron chi connectivity index (χ4n) is 6.41. The molecule has 8 nitrogen and oxygen atoms in total. The van der Waals surface area contributed by atoms with Gasteiger partial charge < -0.3 is 24.6 Å². The van der Waals surface area contributed by atoms with Gasteiger partial charge in [-0.05, 0) is 42.7 Å². The van der Waals surface area contributed by atoms with Crippen LogP contribution in [0.4, 0.5) is 0 Å². The molecule has 1 spiro atoms. The fourth-order valence-corrected chi connectivity index (χ4v) is 6.41. The quantitative estimate of drug-likeness (QED) is 0.606. The molecule has 0 unspecified atom stereocenters. The normalized spacial score (nSPS) is 21.3. The number of pyridine rings is 1. The summed E-state index contributed by atoms with van der Waals surface area (Å²) in [6.07, 6.45) is 7.22. The Morgan fingerprint density at radius 1 is 1.14 bits per heavy atom. The van der Waals surface area contributed by atoms with Gasteiger partial charge in [0.05, 0.1) is 25.2 Å². The molecule has 35 heavy (non-hydrogen) atoms. The standard InChI is InChI=1S/C27H30N4O4/c1-35-19-6-7-20-21(12-19)29-24-22(13-32)31(26(34)17-4-2-3-5-17)16-27(23(20)24)14-30(15-27)25(33)18-8-10-28-11-9-18/h6-12,17,22,29,32H,2-5,13-16H2,1H3/t22-/m0/s1. The fraction of sp³-hybridized carbons (Fsp3) is 0.444. The van der Waals surface area contributed by atoms with Crippen molar-refractivity contribution >= 4 is 22.7 Å². The van der Waals surface area contributed by atoms with Crippen molar-refractivity contribution in [2.75, 3.05) is 33.4 Å². The van der Waals surface area contributed by atoms with E-state index in [9.17, 15) is 14.7 Å². The second kappa shape index (κ2) is 8.37. The predicted octanol–water partition coefficient (Wildman–Crippen LogP) is 3.03. The first kappa shape index (κ1) is 22.1. The Balaban J connectivity index is 1.42. The van der Waals surface area contributed by atoms with Gasteiger partial charge in [-0.3, -0.25) is 14.6 Å². The summed E-state index contributed by atoms with van der Waals surface area (Å²) >= 11 is 0. The largest absolute Gasteiger partial charge is 0.497 e. The zero-order valence-electron chi connectivity index (χ0n) is 19.9. The molecule has 182 valence electrons. The predicted molar refractivity (Wildman–Crippen MR) is 130 cm³/mol. The molecule has 1 saturated carbocycles. The second-order valence-electron chi connectivity index (χ2n) is 10.1. The summed E-state index contributed by atoms with van der Waals surface area (Å²) in [6, 6.07) is 8.98. The van der Waals surface area contributed by atoms with Crippen molar-refractivity contribution in [2.45, 2.75) is 37.1 Å². The number of nitrogens with zero attached hydrogens (tertiary/aromatic N) is 3. The smallest absolute Gasteiger partial charge is 0.254 e. The van der Waals surface area contributed by atoms with Crippen LogP contribution in [0.15, 0.2) is 42.7 Å². The van der Waals surface area contributed by atoms with E-state index in [1.54, 1.807) is 31.6 Å². The van der Waals surface area contributed by atoms with E-state index in [4.69, 9.17) is 4.74 Å². The lowest BCUT2D eigenvalue weighted by atomic mass is 9.68. The van der Waals surface area contributed by atoms with Gasteiger partial charge in [0.2, 0.25) is 5.91 Å². The number of nitrogens with one attached hydrogen (secondary N) is 1. The summed E-state index contributed by atoms with van der Waals surface area (Å²) < 4.78 is 5.43. The number of H-pyrrole nitrogens is 1. The van der Waals surface area contributed by atoms with Crippen molar-refractivity contribution in [2.24, 2.45) is 5.92 Å². The van der Waals surface area contributed by atoms with Gasteiger partial charge in [-0.1, -0.05) is 12.8 Å². The van der Waals surface area contributed by atoms with Crippen LogP contribution in [0.5, 0.6) is 5.75 Å². The van der Waals surface area contributed by atoms with Gasteiger partial charge in [-0.15, -0.1) is 0 Å². The van der Waals surface area contributed by atoms with E-state index in [0.29, 0.717) is 25.2 Å². The van der Waals surface area contributed by atoms with Crippen molar-refractivity contribution in [3.8, 4) is 5.75 Å². The van der Waals surface area contributed by atoms with Gasteiger partial charge >= 0.3 is 0 Å². The van der Waals surface area contributed by atoms with Gasteiger partial charge in [0.1, 0.15) is 5.75 Å². The van der Waals surface area contributed by atoms with E-state index >= 15 is 0 Å². The van der Waals surface area contributed by atoms with Crippen LogP contribution in [0.25, 0.3) is 10.9 Å². The molecule has 1 atom stereocenters. The zero-order chi connectivity index (χ0) is 24.2. The number of methoxy groups -OCH3 is 1. The number of benzene rings is 1. The zero-order valence-corrected chi connectivity index (χ0v) is 19.9. The van der Waals surface area contributed by atoms with E-state index in [2.05, 4.69) is 9.97 Å². The molecule has 0 bridgehead atoms. The van der Waals surface area contributed by atoms with Crippen LogP contribution in [0.3, 0.4) is 0 Å². The Bertz CT molecular complexity index is 1280. The highest BCUT2D eigenvalue weighted by Gasteiger charge is 2.55. The first-order chi connectivity index (χ1) is 17.0. The van der Waals surface area contributed by atoms with Crippen molar-refractivity contribution in [1.82, 2.24) is 19.8 Å². The van der Waals surface area contributed by atoms with Crippen molar-refractivity contribution in [3.63, 3.8) is 0 Å². The number of amides is 2. The molecule has 2 aliphatic heterocycles. The molecule has 4 heterocycles. The molecule has 2 N–H and O–H groups in total. The molecule has 8 heteroatoms. The van der Waals surface area contributed by atoms with E-state index in [1.807, 2.05) is 28.0 Å². The minimum atomic E-state index is -0.424. The summed E-state index contributed by atoms with van der Waals surface area (Å²) in [6.45, 7) is 1.39. The lowest BCUT2D eigenvalue weighted by molar-refractivity contribution is -0.142. The number of hydrogen-bond acceptors (Lipinski definition) is 5. The van der Waals surface area contributed by atoms with E-state index in [1.165, 1.54) is 0 Å². The number of aromatic amines is 1. The topological polar surface area (TPSA) is 98.8 Å². The van der Waals surface area contributed by atoms with E-state index in [0.717, 1.165) is 53.6 Å². The molecule has 2 fully saturated rings. The molecule has 2 aromatic heterocycles. The van der Waals surface area contributed by atoms with Crippen molar-refractivity contribution in [3.05, 3.63) is 59.5 Å². The van der Waals surface area contributed by atoms with Gasteiger partial charge in [0.15, 0.2) is 0 Å². The molecule has 1 saturated heterocycles. The maximum atomic E-state index is 13.7. The van der Waals surface area contributed by atoms with Crippen LogP contribution in [-0.2, 0) is 10.2 Å². The molecular weight excluding hydrogens is 444 g/mol. The van der Waals surface area contributed by atoms with E-state index < -0.39 is 6.04 Å². The highest BCUT2D eigenvalue weighted by molar-refractivity contribution is 5.96. The molecular formula is C27H30N4O4. The minimum absolute atomic E-state index is 0.0155. The Kier molecular flexibility index (Phi) is 5.29. The number of aromatic nitrogens is 2. The molecule has 0 radical (unpaired) electrons. The molecule has 1 aromatic carbocycles. The summed E-state index contributed by atoms with van der Waals surface area (Å²) in [4.78, 5) is 38.1. The number of aliphatic hydroxyl groups excluding tert-OH is 1. The summed E-state index contributed by atoms with van der Waals surface area (Å²) in [5.74, 6) is 0.857. The van der Waals surface area contributed by atoms with Gasteiger partial charge in [-0.25, -0.2) is 0 Å². The van der Waals surface area contributed by atoms with Crippen LogP contribution in [0.1, 0.15) is 53.3 Å². The minimum Gasteiger partial charge on any atom is -0.497 e. The van der Waals surface area contributed by atoms with Crippen LogP contribution in [0, 0.1) is 5.92 Å². The Hall–Kier alpha value is -3.39. The molecule has 2 amide bonds. The van der Waals surface area contributed by atoms with Crippen molar-refractivity contribution < 1.29 is 19.4 Å². The van der Waals surface area contributed by atoms with Crippen LogP contribution < -0.4 is 4.74 Å². The molecule has 1 aliphatic carbocycles. The Labute approximate surface area is 203 Å². The number of hydrogen-bond donors (Lipinski definition) is 2. The van der Waals surface area contributed by atoms with Crippen LogP contribution in [0.2, 0.25) is 0 Å². The first-order valence-electron chi connectivity index (χ1n) is 12.4. The number of likely N-dealkylation sites (tertiary alicyclic amines) is 1. The van der Waals surface area contributed by atoms with Gasteiger partial charge in [0.25, 0.3) is 5.91 Å². The number of rotatable bonds is 4. The van der Waals surface area contributed by atoms with Crippen LogP contribution in [-0.4, -0.2) is 70.0 Å². The monoisotopic (exact) mass is 474 g/mol. The Morgan fingerprint density at radius 2 is 1.89 bits per heavy atom. The number of aliphatic hydroxyl groups is 1. The first-order valence-corrected chi connectivity index (χ1v) is 12.4. The average molecular weight is 475 g/mol.